The van der Waals surface area contributed by atoms with E-state index in [1.54, 1.807) is 0 Å². The number of hydrogen-bond donors (Lipinski definition) is 3. The number of carbonyl (C=O) groups is 2. The molecule has 0 radical (unpaired) electrons. The number of nitrogens with one attached hydrogen (secondary N) is 1. The Balaban J connectivity index is 1.85. The number of anilines is 1. The minimum absolute atomic E-state index is 0.0258. The van der Waals surface area contributed by atoms with E-state index < -0.39 is 18.5 Å². The van der Waals surface area contributed by atoms with Crippen LogP contribution < -0.4 is 10.1 Å². The summed E-state index contributed by atoms with van der Waals surface area (Å²) < 4.78 is 5.63. The monoisotopic (exact) mass is 475 g/mol. The van der Waals surface area contributed by atoms with Crippen LogP contribution in [0.25, 0.3) is 10.4 Å². The molecule has 0 unspecified atom stereocenters. The topological polar surface area (TPSA) is 95.9 Å². The Labute approximate surface area is 179 Å². The lowest BCUT2D eigenvalue weighted by Crippen LogP contribution is -2.11. The van der Waals surface area contributed by atoms with Crippen LogP contribution in [0.5, 0.6) is 5.75 Å². The molecular formula is C21H18BrNO5S. The van der Waals surface area contributed by atoms with Gasteiger partial charge in [-0.3, -0.25) is 0 Å². The van der Waals surface area contributed by atoms with Gasteiger partial charge in [0.05, 0.1) is 9.35 Å². The number of carboxylic acids is 2. The molecular weight excluding hydrogens is 458 g/mol. The first-order valence-corrected chi connectivity index (χ1v) is 10.3. The average molecular weight is 476 g/mol. The lowest BCUT2D eigenvalue weighted by Gasteiger charge is -2.09. The van der Waals surface area contributed by atoms with Gasteiger partial charge in [0.1, 0.15) is 0 Å². The molecule has 0 saturated heterocycles. The molecule has 1 heterocycles. The van der Waals surface area contributed by atoms with Gasteiger partial charge in [-0.15, -0.1) is 11.3 Å². The van der Waals surface area contributed by atoms with Crippen LogP contribution in [0.2, 0.25) is 0 Å². The van der Waals surface area contributed by atoms with Crippen LogP contribution in [0, 0.1) is 6.92 Å². The molecule has 3 rings (SSSR count). The zero-order chi connectivity index (χ0) is 21.0. The lowest BCUT2D eigenvalue weighted by molar-refractivity contribution is -0.139. The summed E-state index contributed by atoms with van der Waals surface area (Å²) in [5.41, 5.74) is 4.03. The third kappa shape index (κ3) is 5.16. The fourth-order valence-electron chi connectivity index (χ4n) is 2.67. The molecule has 0 fully saturated rings. The molecule has 0 aliphatic rings. The molecule has 0 atom stereocenters. The van der Waals surface area contributed by atoms with Gasteiger partial charge in [-0.1, -0.05) is 42.0 Å². The second-order valence-corrected chi connectivity index (χ2v) is 8.12. The molecule has 3 aromatic rings. The van der Waals surface area contributed by atoms with Crippen molar-refractivity contribution in [2.45, 2.75) is 13.5 Å². The molecule has 3 N–H and O–H groups in total. The molecule has 0 aliphatic heterocycles. The number of aromatic carboxylic acids is 1. The van der Waals surface area contributed by atoms with Gasteiger partial charge in [0.2, 0.25) is 0 Å². The van der Waals surface area contributed by atoms with Crippen LogP contribution in [0.4, 0.5) is 5.69 Å². The minimum Gasteiger partial charge on any atom is -0.479 e. The van der Waals surface area contributed by atoms with Gasteiger partial charge in [0, 0.05) is 12.2 Å². The van der Waals surface area contributed by atoms with Crippen LogP contribution in [-0.4, -0.2) is 28.8 Å². The molecule has 29 heavy (non-hydrogen) atoms. The quantitative estimate of drug-likeness (QED) is 0.411. The summed E-state index contributed by atoms with van der Waals surface area (Å²) in [6.45, 7) is 2.08. The van der Waals surface area contributed by atoms with Crippen molar-refractivity contribution >= 4 is 44.9 Å². The third-order valence-corrected chi connectivity index (χ3v) is 6.31. The molecule has 150 valence electrons. The Morgan fingerprint density at radius 2 is 1.86 bits per heavy atom. The fraction of sp³-hybridized carbons (Fsp3) is 0.143. The summed E-state index contributed by atoms with van der Waals surface area (Å²) in [4.78, 5) is 23.0. The van der Waals surface area contributed by atoms with E-state index in [1.165, 1.54) is 5.56 Å². The second kappa shape index (κ2) is 9.11. The Kier molecular flexibility index (Phi) is 6.56. The maximum atomic E-state index is 11.6. The minimum atomic E-state index is -1.18. The lowest BCUT2D eigenvalue weighted by atomic mass is 10.1. The number of halogens is 1. The van der Waals surface area contributed by atoms with Gasteiger partial charge in [0.15, 0.2) is 17.2 Å². The number of ether oxygens (including phenoxy) is 1. The Hall–Kier alpha value is -2.84. The van der Waals surface area contributed by atoms with Gasteiger partial charge in [-0.25, -0.2) is 9.59 Å². The number of aryl methyl sites for hydroxylation is 1. The van der Waals surface area contributed by atoms with Crippen LogP contribution in [0.1, 0.15) is 20.8 Å². The highest BCUT2D eigenvalue weighted by molar-refractivity contribution is 9.10. The highest BCUT2D eigenvalue weighted by Gasteiger charge is 2.24. The summed E-state index contributed by atoms with van der Waals surface area (Å²) >= 11 is 4.40. The number of aliphatic carboxylic acids is 1. The Bertz CT molecular complexity index is 1050. The molecule has 8 heteroatoms. The molecule has 0 spiro atoms. The molecule has 6 nitrogen and oxygen atoms in total. The number of rotatable bonds is 8. The van der Waals surface area contributed by atoms with Crippen LogP contribution >= 0.6 is 27.3 Å². The average Bonchev–Trinajstić information content (AvgIpc) is 3.03. The van der Waals surface area contributed by atoms with Crippen molar-refractivity contribution in [1.82, 2.24) is 0 Å². The highest BCUT2D eigenvalue weighted by atomic mass is 79.9. The zero-order valence-electron chi connectivity index (χ0n) is 15.4. The second-order valence-electron chi connectivity index (χ2n) is 6.31. The van der Waals surface area contributed by atoms with Gasteiger partial charge in [0.25, 0.3) is 0 Å². The van der Waals surface area contributed by atoms with Crippen molar-refractivity contribution in [2.24, 2.45) is 0 Å². The van der Waals surface area contributed by atoms with Crippen LogP contribution in [0.15, 0.2) is 53.0 Å². The smallest absolute Gasteiger partial charge is 0.349 e. The van der Waals surface area contributed by atoms with E-state index >= 15 is 0 Å². The summed E-state index contributed by atoms with van der Waals surface area (Å²) in [6, 6.07) is 15.8. The van der Waals surface area contributed by atoms with E-state index in [0.29, 0.717) is 15.9 Å². The van der Waals surface area contributed by atoms with Crippen LogP contribution in [0.3, 0.4) is 0 Å². The van der Waals surface area contributed by atoms with Crippen molar-refractivity contribution in [3.8, 4) is 16.2 Å². The van der Waals surface area contributed by atoms with E-state index in [9.17, 15) is 14.7 Å². The van der Waals surface area contributed by atoms with E-state index in [0.717, 1.165) is 28.2 Å². The first-order valence-electron chi connectivity index (χ1n) is 8.65. The summed E-state index contributed by atoms with van der Waals surface area (Å²) in [7, 11) is 0. The van der Waals surface area contributed by atoms with E-state index in [-0.39, 0.29) is 10.6 Å². The fourth-order valence-corrected chi connectivity index (χ4v) is 4.55. The molecule has 0 aliphatic carbocycles. The maximum Gasteiger partial charge on any atom is 0.349 e. The van der Waals surface area contributed by atoms with Crippen molar-refractivity contribution in [1.29, 1.82) is 0 Å². The van der Waals surface area contributed by atoms with Crippen LogP contribution in [-0.2, 0) is 11.3 Å². The van der Waals surface area contributed by atoms with Gasteiger partial charge in [-0.2, -0.15) is 0 Å². The first-order chi connectivity index (χ1) is 13.8. The van der Waals surface area contributed by atoms with Gasteiger partial charge < -0.3 is 20.3 Å². The molecule has 0 bridgehead atoms. The van der Waals surface area contributed by atoms with Gasteiger partial charge >= 0.3 is 11.9 Å². The molecule has 0 saturated carbocycles. The van der Waals surface area contributed by atoms with Crippen molar-refractivity contribution in [3.63, 3.8) is 0 Å². The first kappa shape index (κ1) is 20.9. The van der Waals surface area contributed by atoms with Crippen molar-refractivity contribution < 1.29 is 24.5 Å². The third-order valence-electron chi connectivity index (χ3n) is 4.09. The highest BCUT2D eigenvalue weighted by Crippen LogP contribution is 2.46. The number of hydrogen-bond acceptors (Lipinski definition) is 5. The predicted octanol–water partition coefficient (Wildman–Crippen LogP) is 5.26. The van der Waals surface area contributed by atoms with Gasteiger partial charge in [-0.05, 0) is 46.1 Å². The molecule has 1 aromatic heterocycles. The SMILES string of the molecule is Cc1ccc(CNc2cccc(-c3sc(C(=O)O)c(OCC(=O)O)c3Br)c2)cc1. The van der Waals surface area contributed by atoms with Crippen molar-refractivity contribution in [3.05, 3.63) is 69.0 Å². The summed E-state index contributed by atoms with van der Waals surface area (Å²) in [5.74, 6) is -2.32. The maximum absolute atomic E-state index is 11.6. The largest absolute Gasteiger partial charge is 0.479 e. The molecule has 2 aromatic carbocycles. The summed E-state index contributed by atoms with van der Waals surface area (Å²) in [5, 5.41) is 21.6. The van der Waals surface area contributed by atoms with E-state index in [4.69, 9.17) is 9.84 Å². The van der Waals surface area contributed by atoms with E-state index in [2.05, 4.69) is 45.5 Å². The summed E-state index contributed by atoms with van der Waals surface area (Å²) in [6.07, 6.45) is 0. The number of benzene rings is 2. The van der Waals surface area contributed by atoms with Crippen molar-refractivity contribution in [2.75, 3.05) is 11.9 Å². The van der Waals surface area contributed by atoms with E-state index in [1.807, 2.05) is 31.2 Å². The normalized spacial score (nSPS) is 10.6. The number of carboxylic acid groups (broad SMARTS) is 2. The zero-order valence-corrected chi connectivity index (χ0v) is 17.8. The number of thiophene rings is 1. The molecule has 0 amide bonds. The Morgan fingerprint density at radius 3 is 2.52 bits per heavy atom. The Morgan fingerprint density at radius 1 is 1.14 bits per heavy atom. The predicted molar refractivity (Wildman–Crippen MR) is 116 cm³/mol. The standard InChI is InChI=1S/C21H18BrNO5S/c1-12-5-7-13(8-6-12)10-23-15-4-2-3-14(9-15)19-17(22)18(28-11-16(24)25)20(29-19)21(26)27/h2-9,23H,10-11H2,1H3,(H,24,25)(H,26,27).